The zero-order valence-electron chi connectivity index (χ0n) is 16.5. The number of hydrogen-bond acceptors (Lipinski definition) is 2. The molecule has 2 aromatic rings. The molecule has 3 nitrogen and oxygen atoms in total. The van der Waals surface area contributed by atoms with Crippen LogP contribution in [0, 0.1) is 13.8 Å². The molecule has 2 aliphatic rings. The van der Waals surface area contributed by atoms with Gasteiger partial charge in [-0.25, -0.2) is 0 Å². The number of halogens is 1. The normalized spacial score (nSPS) is 21.5. The molecule has 1 aliphatic carbocycles. The van der Waals surface area contributed by atoms with Gasteiger partial charge in [0.1, 0.15) is 11.5 Å². The van der Waals surface area contributed by atoms with Crippen molar-refractivity contribution in [2.45, 2.75) is 64.0 Å². The fourth-order valence-electron chi connectivity index (χ4n) is 5.16. The molecule has 1 saturated carbocycles. The van der Waals surface area contributed by atoms with Gasteiger partial charge in [0, 0.05) is 11.6 Å². The Labute approximate surface area is 171 Å². The van der Waals surface area contributed by atoms with Gasteiger partial charge >= 0.3 is 0 Å². The largest absolute Gasteiger partial charge is 0.325 e. The van der Waals surface area contributed by atoms with E-state index in [2.05, 4.69) is 0 Å². The smallest absolute Gasteiger partial charge is 0.238 e. The van der Waals surface area contributed by atoms with Crippen LogP contribution in [0.15, 0.2) is 42.5 Å². The Morgan fingerprint density at radius 2 is 1.61 bits per heavy atom. The second kappa shape index (κ2) is 7.36. The number of carbonyl (C=O) groups excluding carboxylic acids is 2. The predicted octanol–water partition coefficient (Wildman–Crippen LogP) is 5.35. The van der Waals surface area contributed by atoms with Crippen molar-refractivity contribution in [3.8, 4) is 0 Å². The fraction of sp³-hybridized carbons (Fsp3) is 0.417. The maximum absolute atomic E-state index is 13.8. The van der Waals surface area contributed by atoms with E-state index in [-0.39, 0.29) is 11.7 Å². The molecule has 1 unspecified atom stereocenters. The van der Waals surface area contributed by atoms with E-state index in [1.807, 2.05) is 61.2 Å². The third-order valence-corrected chi connectivity index (χ3v) is 6.68. The van der Waals surface area contributed by atoms with Crippen LogP contribution in [0.2, 0.25) is 5.02 Å². The van der Waals surface area contributed by atoms with E-state index < -0.39 is 11.5 Å². The molecule has 146 valence electrons. The highest BCUT2D eigenvalue weighted by Crippen LogP contribution is 2.47. The minimum atomic E-state index is -0.709. The molecule has 2 fully saturated rings. The number of carbonyl (C=O) groups is 2. The number of ketones is 1. The quantitative estimate of drug-likeness (QED) is 0.656. The van der Waals surface area contributed by atoms with E-state index in [9.17, 15) is 9.59 Å². The zero-order chi connectivity index (χ0) is 19.9. The van der Waals surface area contributed by atoms with Crippen LogP contribution in [0.25, 0.3) is 0 Å². The van der Waals surface area contributed by atoms with E-state index in [1.165, 1.54) is 0 Å². The van der Waals surface area contributed by atoms with E-state index in [1.54, 1.807) is 0 Å². The Hall–Kier alpha value is -2.13. The van der Waals surface area contributed by atoms with Crippen LogP contribution in [-0.2, 0) is 16.1 Å². The van der Waals surface area contributed by atoms with Crippen molar-refractivity contribution in [1.82, 2.24) is 4.90 Å². The van der Waals surface area contributed by atoms with Crippen molar-refractivity contribution in [3.63, 3.8) is 0 Å². The number of nitrogens with zero attached hydrogens (tertiary/aromatic N) is 1. The van der Waals surface area contributed by atoms with Crippen LogP contribution >= 0.6 is 11.6 Å². The van der Waals surface area contributed by atoms with Gasteiger partial charge in [0.15, 0.2) is 5.78 Å². The second-order valence-electron chi connectivity index (χ2n) is 8.25. The molecule has 0 aromatic heterocycles. The standard InChI is InChI=1S/C24H26ClNO2/c1-16-13-19(25)14-17(2)20(16)21-22(27)24(11-7-4-8-12-24)26(23(21)28)15-18-9-5-3-6-10-18/h3,5-6,9-10,13-14,21H,4,7-8,11-12,15H2,1-2H3. The maximum Gasteiger partial charge on any atom is 0.238 e. The summed E-state index contributed by atoms with van der Waals surface area (Å²) in [6, 6.07) is 13.7. The molecule has 1 saturated heterocycles. The number of hydrogen-bond donors (Lipinski definition) is 0. The van der Waals surface area contributed by atoms with Gasteiger partial charge in [-0.15, -0.1) is 0 Å². The summed E-state index contributed by atoms with van der Waals surface area (Å²) in [4.78, 5) is 29.3. The Morgan fingerprint density at radius 1 is 1.00 bits per heavy atom. The molecule has 2 aromatic carbocycles. The molecule has 1 heterocycles. The first kappa shape index (κ1) is 19.2. The minimum absolute atomic E-state index is 0.0516. The Bertz CT molecular complexity index is 892. The van der Waals surface area contributed by atoms with Crippen molar-refractivity contribution < 1.29 is 9.59 Å². The van der Waals surface area contributed by atoms with Gasteiger partial charge in [-0.3, -0.25) is 9.59 Å². The number of likely N-dealkylation sites (tertiary alicyclic amines) is 1. The molecule has 0 bridgehead atoms. The summed E-state index contributed by atoms with van der Waals surface area (Å²) in [5.74, 6) is -0.676. The topological polar surface area (TPSA) is 37.4 Å². The summed E-state index contributed by atoms with van der Waals surface area (Å²) in [6.07, 6.45) is 4.66. The zero-order valence-corrected chi connectivity index (χ0v) is 17.3. The first-order valence-corrected chi connectivity index (χ1v) is 10.5. The highest BCUT2D eigenvalue weighted by Gasteiger charge is 2.58. The predicted molar refractivity (Wildman–Crippen MR) is 111 cm³/mol. The average Bonchev–Trinajstić information content (AvgIpc) is 2.85. The number of aryl methyl sites for hydroxylation is 2. The summed E-state index contributed by atoms with van der Waals surface area (Å²) in [5, 5.41) is 0.644. The molecule has 4 heteroatoms. The summed E-state index contributed by atoms with van der Waals surface area (Å²) in [5.41, 5.74) is 3.10. The van der Waals surface area contributed by atoms with Gasteiger partial charge in [0.25, 0.3) is 0 Å². The summed E-state index contributed by atoms with van der Waals surface area (Å²) >= 11 is 6.20. The summed E-state index contributed by atoms with van der Waals surface area (Å²) in [6.45, 7) is 4.39. The van der Waals surface area contributed by atoms with Crippen molar-refractivity contribution in [2.24, 2.45) is 0 Å². The molecule has 0 N–H and O–H groups in total. The van der Waals surface area contributed by atoms with Gasteiger partial charge in [-0.2, -0.15) is 0 Å². The van der Waals surface area contributed by atoms with Crippen LogP contribution in [0.3, 0.4) is 0 Å². The van der Waals surface area contributed by atoms with Crippen molar-refractivity contribution in [3.05, 3.63) is 69.7 Å². The molecular weight excluding hydrogens is 370 g/mol. The van der Waals surface area contributed by atoms with Crippen molar-refractivity contribution >= 4 is 23.3 Å². The summed E-state index contributed by atoms with van der Waals surface area (Å²) < 4.78 is 0. The SMILES string of the molecule is Cc1cc(Cl)cc(C)c1C1C(=O)N(Cc2ccccc2)C2(CCCCC2)C1=O. The Kier molecular flexibility index (Phi) is 5.05. The third kappa shape index (κ3) is 3.06. The first-order valence-electron chi connectivity index (χ1n) is 10.1. The molecule has 1 amide bonds. The second-order valence-corrected chi connectivity index (χ2v) is 8.69. The number of rotatable bonds is 3. The molecule has 28 heavy (non-hydrogen) atoms. The van der Waals surface area contributed by atoms with Crippen LogP contribution in [-0.4, -0.2) is 22.1 Å². The third-order valence-electron chi connectivity index (χ3n) is 6.46. The number of benzene rings is 2. The minimum Gasteiger partial charge on any atom is -0.325 e. The van der Waals surface area contributed by atoms with Crippen LogP contribution in [0.5, 0.6) is 0 Å². The van der Waals surface area contributed by atoms with Crippen molar-refractivity contribution in [1.29, 1.82) is 0 Å². The van der Waals surface area contributed by atoms with E-state index in [0.29, 0.717) is 11.6 Å². The fourth-order valence-corrected chi connectivity index (χ4v) is 5.49. The first-order chi connectivity index (χ1) is 13.4. The lowest BCUT2D eigenvalue weighted by Crippen LogP contribution is -2.50. The molecule has 1 atom stereocenters. The monoisotopic (exact) mass is 395 g/mol. The molecule has 0 radical (unpaired) electrons. The Balaban J connectivity index is 1.80. The van der Waals surface area contributed by atoms with Gasteiger partial charge in [-0.05, 0) is 61.1 Å². The van der Waals surface area contributed by atoms with E-state index in [4.69, 9.17) is 11.6 Å². The lowest BCUT2D eigenvalue weighted by atomic mass is 9.75. The van der Waals surface area contributed by atoms with Gasteiger partial charge in [0.2, 0.25) is 5.91 Å². The summed E-state index contributed by atoms with van der Waals surface area (Å²) in [7, 11) is 0. The highest BCUT2D eigenvalue weighted by molar-refractivity contribution is 6.30. The number of Topliss-reactive ketones (excluding diaryl/α,β-unsaturated/α-hetero) is 1. The van der Waals surface area contributed by atoms with Crippen LogP contribution in [0.1, 0.15) is 60.3 Å². The van der Waals surface area contributed by atoms with Crippen molar-refractivity contribution in [2.75, 3.05) is 0 Å². The van der Waals surface area contributed by atoms with Gasteiger partial charge in [0.05, 0.1) is 0 Å². The van der Waals surface area contributed by atoms with E-state index >= 15 is 0 Å². The van der Waals surface area contributed by atoms with E-state index in [0.717, 1.165) is 54.4 Å². The maximum atomic E-state index is 13.8. The van der Waals surface area contributed by atoms with Gasteiger partial charge < -0.3 is 4.90 Å². The van der Waals surface area contributed by atoms with Crippen LogP contribution < -0.4 is 0 Å². The van der Waals surface area contributed by atoms with Gasteiger partial charge in [-0.1, -0.05) is 61.2 Å². The molecule has 4 rings (SSSR count). The highest BCUT2D eigenvalue weighted by atomic mass is 35.5. The lowest BCUT2D eigenvalue weighted by molar-refractivity contribution is -0.135. The van der Waals surface area contributed by atoms with Crippen LogP contribution in [0.4, 0.5) is 0 Å². The number of amides is 1. The molecular formula is C24H26ClNO2. The molecule has 1 spiro atoms. The average molecular weight is 396 g/mol. The molecule has 1 aliphatic heterocycles. The Morgan fingerprint density at radius 3 is 2.21 bits per heavy atom. The lowest BCUT2D eigenvalue weighted by Gasteiger charge is -2.40.